The van der Waals surface area contributed by atoms with Crippen molar-refractivity contribution in [2.75, 3.05) is 19.6 Å². The minimum absolute atomic E-state index is 0.153. The molecule has 82 valence electrons. The predicted octanol–water partition coefficient (Wildman–Crippen LogP) is -0.0790. The number of carbonyl (C=O) groups is 1. The lowest BCUT2D eigenvalue weighted by Crippen LogP contribution is -2.46. The van der Waals surface area contributed by atoms with Gasteiger partial charge in [0.1, 0.15) is 0 Å². The number of likely N-dealkylation sites (tertiary alicyclic amines) is 1. The average Bonchev–Trinajstić information content (AvgIpc) is 2.15. The van der Waals surface area contributed by atoms with Gasteiger partial charge in [-0.25, -0.2) is 0 Å². The minimum atomic E-state index is -0.251. The van der Waals surface area contributed by atoms with Gasteiger partial charge >= 0.3 is 0 Å². The van der Waals surface area contributed by atoms with Gasteiger partial charge in [-0.15, -0.1) is 0 Å². The molecule has 1 unspecified atom stereocenters. The van der Waals surface area contributed by atoms with E-state index < -0.39 is 0 Å². The molecule has 14 heavy (non-hydrogen) atoms. The van der Waals surface area contributed by atoms with Crippen molar-refractivity contribution in [3.63, 3.8) is 0 Å². The Bertz CT molecular complexity index is 188. The smallest absolute Gasteiger partial charge is 0.219 e. The van der Waals surface area contributed by atoms with Gasteiger partial charge in [0.2, 0.25) is 5.91 Å². The third kappa shape index (κ3) is 3.27. The van der Waals surface area contributed by atoms with Crippen LogP contribution in [-0.2, 0) is 4.79 Å². The quantitative estimate of drug-likeness (QED) is 0.665. The van der Waals surface area contributed by atoms with E-state index in [1.807, 2.05) is 0 Å². The lowest BCUT2D eigenvalue weighted by atomic mass is 9.97. The summed E-state index contributed by atoms with van der Waals surface area (Å²) in [7, 11) is 0. The number of hydrogen-bond acceptors (Lipinski definition) is 3. The van der Waals surface area contributed by atoms with Crippen LogP contribution in [0.5, 0.6) is 0 Å². The van der Waals surface area contributed by atoms with Crippen LogP contribution in [0.2, 0.25) is 0 Å². The Morgan fingerprint density at radius 2 is 2.07 bits per heavy atom. The maximum atomic E-state index is 10.8. The van der Waals surface area contributed by atoms with Crippen molar-refractivity contribution in [3.05, 3.63) is 0 Å². The second-order valence-corrected chi connectivity index (χ2v) is 4.28. The third-order valence-electron chi connectivity index (χ3n) is 3.04. The van der Waals surface area contributed by atoms with Gasteiger partial charge in [0, 0.05) is 19.0 Å². The van der Waals surface area contributed by atoms with Crippen LogP contribution in [0.1, 0.15) is 26.2 Å². The van der Waals surface area contributed by atoms with Gasteiger partial charge in [-0.2, -0.15) is 0 Å². The SMILES string of the molecule is CC1CCN(C(CN)CC(N)=O)CC1. The number of rotatable bonds is 4. The lowest BCUT2D eigenvalue weighted by molar-refractivity contribution is -0.119. The molecule has 0 saturated carbocycles. The summed E-state index contributed by atoms with van der Waals surface area (Å²) in [5, 5.41) is 0. The van der Waals surface area contributed by atoms with Gasteiger partial charge in [0.15, 0.2) is 0 Å². The van der Waals surface area contributed by atoms with E-state index in [-0.39, 0.29) is 11.9 Å². The van der Waals surface area contributed by atoms with Crippen molar-refractivity contribution in [1.29, 1.82) is 0 Å². The normalized spacial score (nSPS) is 22.1. The lowest BCUT2D eigenvalue weighted by Gasteiger charge is -2.35. The maximum absolute atomic E-state index is 10.8. The zero-order valence-corrected chi connectivity index (χ0v) is 8.91. The van der Waals surface area contributed by atoms with Crippen LogP contribution in [0.4, 0.5) is 0 Å². The molecular formula is C10H21N3O. The Hall–Kier alpha value is -0.610. The first-order valence-electron chi connectivity index (χ1n) is 5.36. The number of piperidine rings is 1. The van der Waals surface area contributed by atoms with Gasteiger partial charge in [0.05, 0.1) is 0 Å². The zero-order chi connectivity index (χ0) is 10.6. The van der Waals surface area contributed by atoms with Gasteiger partial charge < -0.3 is 11.5 Å². The van der Waals surface area contributed by atoms with Crippen LogP contribution in [0, 0.1) is 5.92 Å². The minimum Gasteiger partial charge on any atom is -0.370 e. The Morgan fingerprint density at radius 1 is 1.50 bits per heavy atom. The van der Waals surface area contributed by atoms with Crippen molar-refractivity contribution in [2.24, 2.45) is 17.4 Å². The van der Waals surface area contributed by atoms with Crippen LogP contribution >= 0.6 is 0 Å². The van der Waals surface area contributed by atoms with E-state index in [0.29, 0.717) is 13.0 Å². The first-order chi connectivity index (χ1) is 6.63. The molecule has 1 heterocycles. The molecule has 1 rings (SSSR count). The monoisotopic (exact) mass is 199 g/mol. The molecule has 1 atom stereocenters. The molecule has 4 nitrogen and oxygen atoms in total. The molecule has 1 saturated heterocycles. The van der Waals surface area contributed by atoms with Crippen LogP contribution in [0.15, 0.2) is 0 Å². The molecule has 4 N–H and O–H groups in total. The summed E-state index contributed by atoms with van der Waals surface area (Å²) in [6, 6.07) is 0.153. The van der Waals surface area contributed by atoms with Gasteiger partial charge in [-0.05, 0) is 31.8 Å². The number of carbonyl (C=O) groups excluding carboxylic acids is 1. The number of nitrogens with zero attached hydrogens (tertiary/aromatic N) is 1. The van der Waals surface area contributed by atoms with Crippen LogP contribution < -0.4 is 11.5 Å². The van der Waals surface area contributed by atoms with Gasteiger partial charge in [-0.3, -0.25) is 9.69 Å². The highest BCUT2D eigenvalue weighted by Crippen LogP contribution is 2.18. The molecule has 1 amide bonds. The molecule has 4 heteroatoms. The maximum Gasteiger partial charge on any atom is 0.219 e. The van der Waals surface area contributed by atoms with Crippen molar-refractivity contribution in [2.45, 2.75) is 32.2 Å². The molecule has 0 spiro atoms. The van der Waals surface area contributed by atoms with Crippen LogP contribution in [0.3, 0.4) is 0 Å². The third-order valence-corrected chi connectivity index (χ3v) is 3.04. The van der Waals surface area contributed by atoms with E-state index in [2.05, 4.69) is 11.8 Å². The number of hydrogen-bond donors (Lipinski definition) is 2. The molecule has 0 aromatic carbocycles. The molecule has 0 aromatic heterocycles. The first kappa shape index (κ1) is 11.5. The second-order valence-electron chi connectivity index (χ2n) is 4.28. The van der Waals surface area contributed by atoms with Crippen molar-refractivity contribution < 1.29 is 4.79 Å². The van der Waals surface area contributed by atoms with Crippen molar-refractivity contribution in [1.82, 2.24) is 4.90 Å². The van der Waals surface area contributed by atoms with Crippen LogP contribution in [0.25, 0.3) is 0 Å². The highest BCUT2D eigenvalue weighted by atomic mass is 16.1. The van der Waals surface area contributed by atoms with Gasteiger partial charge in [-0.1, -0.05) is 6.92 Å². The van der Waals surface area contributed by atoms with E-state index >= 15 is 0 Å². The van der Waals surface area contributed by atoms with E-state index in [1.54, 1.807) is 0 Å². The predicted molar refractivity (Wildman–Crippen MR) is 56.6 cm³/mol. The standard InChI is InChI=1S/C10H21N3O/c1-8-2-4-13(5-3-8)9(7-11)6-10(12)14/h8-9H,2-7,11H2,1H3,(H2,12,14). The fourth-order valence-electron chi connectivity index (χ4n) is 1.99. The van der Waals surface area contributed by atoms with E-state index in [4.69, 9.17) is 11.5 Å². The molecule has 1 fully saturated rings. The zero-order valence-electron chi connectivity index (χ0n) is 8.91. The molecule has 0 radical (unpaired) electrons. The topological polar surface area (TPSA) is 72.3 Å². The highest BCUT2D eigenvalue weighted by molar-refractivity contribution is 5.74. The first-order valence-corrected chi connectivity index (χ1v) is 5.36. The second kappa shape index (κ2) is 5.32. The van der Waals surface area contributed by atoms with Crippen molar-refractivity contribution >= 4 is 5.91 Å². The molecular weight excluding hydrogens is 178 g/mol. The van der Waals surface area contributed by atoms with E-state index in [1.165, 1.54) is 12.8 Å². The molecule has 1 aliphatic rings. The van der Waals surface area contributed by atoms with Gasteiger partial charge in [0.25, 0.3) is 0 Å². The number of amides is 1. The van der Waals surface area contributed by atoms with E-state index in [0.717, 1.165) is 19.0 Å². The molecule has 1 aliphatic heterocycles. The Kier molecular flexibility index (Phi) is 4.35. The summed E-state index contributed by atoms with van der Waals surface area (Å²) in [5.74, 6) is 0.553. The number of primary amides is 1. The average molecular weight is 199 g/mol. The summed E-state index contributed by atoms with van der Waals surface area (Å²) in [4.78, 5) is 13.1. The molecule has 0 bridgehead atoms. The summed E-state index contributed by atoms with van der Waals surface area (Å²) in [5.41, 5.74) is 10.8. The van der Waals surface area contributed by atoms with Crippen LogP contribution in [-0.4, -0.2) is 36.5 Å². The Balaban J connectivity index is 2.40. The fraction of sp³-hybridized carbons (Fsp3) is 0.900. The van der Waals surface area contributed by atoms with Crippen molar-refractivity contribution in [3.8, 4) is 0 Å². The summed E-state index contributed by atoms with van der Waals surface area (Å²) < 4.78 is 0. The highest BCUT2D eigenvalue weighted by Gasteiger charge is 2.23. The summed E-state index contributed by atoms with van der Waals surface area (Å²) in [6.45, 7) is 4.90. The van der Waals surface area contributed by atoms with E-state index in [9.17, 15) is 4.79 Å². The largest absolute Gasteiger partial charge is 0.370 e. The molecule has 0 aliphatic carbocycles. The summed E-state index contributed by atoms with van der Waals surface area (Å²) >= 11 is 0. The Morgan fingerprint density at radius 3 is 2.50 bits per heavy atom. The molecule has 0 aromatic rings. The number of nitrogens with two attached hydrogens (primary N) is 2. The Labute approximate surface area is 85.6 Å². The fourth-order valence-corrected chi connectivity index (χ4v) is 1.99. The summed E-state index contributed by atoms with van der Waals surface area (Å²) in [6.07, 6.45) is 2.80.